The van der Waals surface area contributed by atoms with Crippen molar-refractivity contribution in [2.24, 2.45) is 0 Å². The van der Waals surface area contributed by atoms with Crippen LogP contribution in [-0.2, 0) is 31.8 Å². The van der Waals surface area contributed by atoms with Crippen molar-refractivity contribution in [2.75, 3.05) is 6.54 Å². The summed E-state index contributed by atoms with van der Waals surface area (Å²) in [6.07, 6.45) is 0.861. The Balaban J connectivity index is 1.35. The maximum atomic E-state index is 14.0. The van der Waals surface area contributed by atoms with E-state index in [9.17, 15) is 4.79 Å². The highest BCUT2D eigenvalue weighted by Gasteiger charge is 2.25. The van der Waals surface area contributed by atoms with Crippen molar-refractivity contribution in [1.82, 2.24) is 14.5 Å². The molecule has 0 bridgehead atoms. The highest BCUT2D eigenvalue weighted by atomic mass is 35.5. The van der Waals surface area contributed by atoms with Gasteiger partial charge in [-0.05, 0) is 40.8 Å². The van der Waals surface area contributed by atoms with Gasteiger partial charge >= 0.3 is 0 Å². The molecule has 38 heavy (non-hydrogen) atoms. The standard InChI is InChI=1S/C30H25Cl2N3OS2/c31-24-12-11-22(15-25(24)32)19-37-30-33-28-27(29(36)35(30)17-21-9-5-2-6-10-21)23-13-14-34(18-26(23)38-28)16-20-7-3-1-4-8-20/h1-12,15H,13-14,16-19H2. The van der Waals surface area contributed by atoms with Crippen LogP contribution in [0.25, 0.3) is 10.2 Å². The number of rotatable bonds is 7. The van der Waals surface area contributed by atoms with Crippen LogP contribution in [0.1, 0.15) is 27.1 Å². The van der Waals surface area contributed by atoms with Gasteiger partial charge < -0.3 is 0 Å². The first-order chi connectivity index (χ1) is 18.5. The fourth-order valence-electron chi connectivity index (χ4n) is 4.88. The number of fused-ring (bicyclic) bond motifs is 3. The molecule has 0 spiro atoms. The Labute approximate surface area is 239 Å². The molecule has 2 aromatic heterocycles. The van der Waals surface area contributed by atoms with E-state index in [4.69, 9.17) is 28.2 Å². The number of halogens is 2. The summed E-state index contributed by atoms with van der Waals surface area (Å²) >= 11 is 15.6. The van der Waals surface area contributed by atoms with Crippen LogP contribution in [0.5, 0.6) is 0 Å². The summed E-state index contributed by atoms with van der Waals surface area (Å²) in [5, 5.41) is 2.57. The summed E-state index contributed by atoms with van der Waals surface area (Å²) in [6, 6.07) is 26.3. The molecular weight excluding hydrogens is 553 g/mol. The summed E-state index contributed by atoms with van der Waals surface area (Å²) in [5.41, 5.74) is 4.64. The molecule has 0 N–H and O–H groups in total. The zero-order valence-electron chi connectivity index (χ0n) is 20.6. The van der Waals surface area contributed by atoms with Crippen molar-refractivity contribution in [2.45, 2.75) is 37.0 Å². The minimum absolute atomic E-state index is 0.0458. The molecule has 0 amide bonds. The summed E-state index contributed by atoms with van der Waals surface area (Å²) in [5.74, 6) is 0.638. The molecule has 0 radical (unpaired) electrons. The number of thioether (sulfide) groups is 1. The van der Waals surface area contributed by atoms with Crippen LogP contribution < -0.4 is 5.56 Å². The zero-order chi connectivity index (χ0) is 26.1. The van der Waals surface area contributed by atoms with E-state index >= 15 is 0 Å². The van der Waals surface area contributed by atoms with Crippen molar-refractivity contribution in [3.05, 3.63) is 126 Å². The van der Waals surface area contributed by atoms with Crippen molar-refractivity contribution >= 4 is 56.5 Å². The summed E-state index contributed by atoms with van der Waals surface area (Å²) in [7, 11) is 0. The van der Waals surface area contributed by atoms with Gasteiger partial charge in [0.2, 0.25) is 0 Å². The number of benzene rings is 3. The minimum Gasteiger partial charge on any atom is -0.294 e. The van der Waals surface area contributed by atoms with Crippen molar-refractivity contribution in [3.63, 3.8) is 0 Å². The van der Waals surface area contributed by atoms with E-state index in [0.29, 0.717) is 22.3 Å². The molecule has 0 aliphatic carbocycles. The predicted molar refractivity (Wildman–Crippen MR) is 160 cm³/mol. The predicted octanol–water partition coefficient (Wildman–Crippen LogP) is 7.66. The summed E-state index contributed by atoms with van der Waals surface area (Å²) < 4.78 is 1.84. The third-order valence-electron chi connectivity index (χ3n) is 6.79. The molecule has 0 atom stereocenters. The average Bonchev–Trinajstić information content (AvgIpc) is 3.30. The lowest BCUT2D eigenvalue weighted by Gasteiger charge is -2.26. The van der Waals surface area contributed by atoms with Gasteiger partial charge in [0.25, 0.3) is 5.56 Å². The number of hydrogen-bond acceptors (Lipinski definition) is 5. The first-order valence-corrected chi connectivity index (χ1v) is 15.0. The van der Waals surface area contributed by atoms with Gasteiger partial charge in [-0.1, -0.05) is 102 Å². The first kappa shape index (κ1) is 25.7. The van der Waals surface area contributed by atoms with E-state index in [1.165, 1.54) is 16.0 Å². The molecule has 0 saturated heterocycles. The lowest BCUT2D eigenvalue weighted by atomic mass is 10.0. The van der Waals surface area contributed by atoms with Crippen LogP contribution in [-0.4, -0.2) is 21.0 Å². The smallest absolute Gasteiger partial charge is 0.263 e. The van der Waals surface area contributed by atoms with E-state index in [-0.39, 0.29) is 5.56 Å². The van der Waals surface area contributed by atoms with E-state index in [1.54, 1.807) is 23.1 Å². The number of nitrogens with zero attached hydrogens (tertiary/aromatic N) is 3. The van der Waals surface area contributed by atoms with Crippen LogP contribution in [0.15, 0.2) is 88.8 Å². The monoisotopic (exact) mass is 577 g/mol. The van der Waals surface area contributed by atoms with Crippen molar-refractivity contribution in [3.8, 4) is 0 Å². The number of aromatic nitrogens is 2. The molecule has 6 rings (SSSR count). The van der Waals surface area contributed by atoms with Gasteiger partial charge in [0, 0.05) is 30.3 Å². The molecular formula is C30H25Cl2N3OS2. The molecule has 1 aliphatic heterocycles. The van der Waals surface area contributed by atoms with Gasteiger partial charge in [-0.15, -0.1) is 11.3 Å². The van der Waals surface area contributed by atoms with E-state index in [2.05, 4.69) is 41.3 Å². The highest BCUT2D eigenvalue weighted by Crippen LogP contribution is 2.35. The second-order valence-electron chi connectivity index (χ2n) is 9.44. The Morgan fingerprint density at radius 1 is 0.868 bits per heavy atom. The largest absolute Gasteiger partial charge is 0.294 e. The lowest BCUT2D eigenvalue weighted by Crippen LogP contribution is -2.30. The summed E-state index contributed by atoms with van der Waals surface area (Å²) in [6.45, 7) is 3.16. The van der Waals surface area contributed by atoms with Gasteiger partial charge in [0.15, 0.2) is 5.16 Å². The van der Waals surface area contributed by atoms with E-state index in [0.717, 1.165) is 52.6 Å². The fraction of sp³-hybridized carbons (Fsp3) is 0.200. The third kappa shape index (κ3) is 5.42. The lowest BCUT2D eigenvalue weighted by molar-refractivity contribution is 0.249. The molecule has 8 heteroatoms. The molecule has 1 aliphatic rings. The van der Waals surface area contributed by atoms with Gasteiger partial charge in [-0.25, -0.2) is 4.98 Å². The second-order valence-corrected chi connectivity index (χ2v) is 12.3. The zero-order valence-corrected chi connectivity index (χ0v) is 23.7. The Hall–Kier alpha value is -2.61. The van der Waals surface area contributed by atoms with Crippen LogP contribution in [0.2, 0.25) is 10.0 Å². The van der Waals surface area contributed by atoms with Crippen LogP contribution in [0.4, 0.5) is 0 Å². The van der Waals surface area contributed by atoms with Crippen LogP contribution in [0.3, 0.4) is 0 Å². The van der Waals surface area contributed by atoms with Crippen LogP contribution >= 0.6 is 46.3 Å². The molecule has 4 nitrogen and oxygen atoms in total. The van der Waals surface area contributed by atoms with E-state index in [1.807, 2.05) is 47.0 Å². The molecule has 0 saturated carbocycles. The van der Waals surface area contributed by atoms with Crippen molar-refractivity contribution in [1.29, 1.82) is 0 Å². The molecule has 3 heterocycles. The Kier molecular flexibility index (Phi) is 7.59. The molecule has 0 fully saturated rings. The maximum absolute atomic E-state index is 14.0. The van der Waals surface area contributed by atoms with Gasteiger partial charge in [0.05, 0.1) is 22.0 Å². The highest BCUT2D eigenvalue weighted by molar-refractivity contribution is 7.98. The van der Waals surface area contributed by atoms with E-state index < -0.39 is 0 Å². The molecule has 0 unspecified atom stereocenters. The fourth-order valence-corrected chi connectivity index (χ4v) is 7.45. The Morgan fingerprint density at radius 3 is 2.29 bits per heavy atom. The van der Waals surface area contributed by atoms with Crippen LogP contribution in [0, 0.1) is 0 Å². The SMILES string of the molecule is O=c1c2c3c(sc2nc(SCc2ccc(Cl)c(Cl)c2)n1Cc1ccccc1)CN(Cc1ccccc1)CC3. The van der Waals surface area contributed by atoms with Gasteiger partial charge in [-0.3, -0.25) is 14.3 Å². The Morgan fingerprint density at radius 2 is 1.58 bits per heavy atom. The molecule has 5 aromatic rings. The number of hydrogen-bond donors (Lipinski definition) is 0. The maximum Gasteiger partial charge on any atom is 0.263 e. The quantitative estimate of drug-likeness (QED) is 0.147. The first-order valence-electron chi connectivity index (χ1n) is 12.5. The molecule has 3 aromatic carbocycles. The van der Waals surface area contributed by atoms with Gasteiger partial charge in [-0.2, -0.15) is 0 Å². The summed E-state index contributed by atoms with van der Waals surface area (Å²) in [4.78, 5) is 23.6. The topological polar surface area (TPSA) is 38.1 Å². The van der Waals surface area contributed by atoms with Crippen molar-refractivity contribution < 1.29 is 0 Å². The second kappa shape index (κ2) is 11.2. The van der Waals surface area contributed by atoms with Gasteiger partial charge in [0.1, 0.15) is 4.83 Å². The minimum atomic E-state index is 0.0458. The normalized spacial score (nSPS) is 13.6. The molecule has 192 valence electrons. The Bertz CT molecular complexity index is 1650. The third-order valence-corrected chi connectivity index (χ3v) is 9.69. The number of thiophene rings is 1. The average molecular weight is 579 g/mol.